The van der Waals surface area contributed by atoms with Gasteiger partial charge in [-0.3, -0.25) is 4.79 Å². The van der Waals surface area contributed by atoms with Gasteiger partial charge in [-0.2, -0.15) is 0 Å². The smallest absolute Gasteiger partial charge is 0.286 e. The molecule has 0 saturated heterocycles. The fourth-order valence-corrected chi connectivity index (χ4v) is 4.79. The summed E-state index contributed by atoms with van der Waals surface area (Å²) in [5.41, 5.74) is 1.97. The summed E-state index contributed by atoms with van der Waals surface area (Å²) in [6, 6.07) is 11.3. The second-order valence-electron chi connectivity index (χ2n) is 7.56. The number of benzene rings is 1. The molecule has 2 heterocycles. The van der Waals surface area contributed by atoms with E-state index in [2.05, 4.69) is 5.32 Å². The molecular formula is C23H27NO6S. The van der Waals surface area contributed by atoms with Crippen LogP contribution in [0.1, 0.15) is 34.4 Å². The molecule has 4 rings (SSSR count). The normalized spacial score (nSPS) is 24.9. The van der Waals surface area contributed by atoms with Gasteiger partial charge in [0.1, 0.15) is 0 Å². The second-order valence-corrected chi connectivity index (χ2v) is 8.54. The number of thiophene rings is 1. The number of fused-ring (bicyclic) bond motifs is 1. The molecule has 0 bridgehead atoms. The molecule has 0 radical (unpaired) electrons. The Morgan fingerprint density at radius 3 is 2.87 bits per heavy atom. The van der Waals surface area contributed by atoms with Crippen LogP contribution in [-0.4, -0.2) is 54.9 Å². The Hall–Kier alpha value is -2.23. The van der Waals surface area contributed by atoms with Crippen LogP contribution < -0.4 is 5.32 Å². The van der Waals surface area contributed by atoms with Gasteiger partial charge < -0.3 is 29.7 Å². The number of aliphatic hydroxyl groups excluding tert-OH is 2. The number of hydrogen-bond acceptors (Lipinski definition) is 7. The van der Waals surface area contributed by atoms with Crippen LogP contribution in [0.5, 0.6) is 0 Å². The Kier molecular flexibility index (Phi) is 7.37. The summed E-state index contributed by atoms with van der Waals surface area (Å²) in [4.78, 5) is 14.2. The molecule has 31 heavy (non-hydrogen) atoms. The van der Waals surface area contributed by atoms with E-state index >= 15 is 0 Å². The van der Waals surface area contributed by atoms with E-state index in [1.165, 1.54) is 0 Å². The van der Waals surface area contributed by atoms with Crippen molar-refractivity contribution < 1.29 is 29.2 Å². The largest absolute Gasteiger partial charge is 0.459 e. The molecule has 2 aliphatic rings. The first-order chi connectivity index (χ1) is 15.2. The number of nitrogens with one attached hydrogen (secondary N) is 1. The van der Waals surface area contributed by atoms with E-state index in [1.54, 1.807) is 11.3 Å². The van der Waals surface area contributed by atoms with Gasteiger partial charge >= 0.3 is 0 Å². The molecule has 7 nitrogen and oxygen atoms in total. The molecule has 0 saturated carbocycles. The molecule has 3 N–H and O–H groups in total. The van der Waals surface area contributed by atoms with Crippen LogP contribution in [0.4, 0.5) is 0 Å². The van der Waals surface area contributed by atoms with Gasteiger partial charge in [-0.25, -0.2) is 0 Å². The van der Waals surface area contributed by atoms with Gasteiger partial charge in [-0.15, -0.1) is 11.3 Å². The molecule has 0 unspecified atom stereocenters. The van der Waals surface area contributed by atoms with Gasteiger partial charge in [-0.1, -0.05) is 30.3 Å². The lowest BCUT2D eigenvalue weighted by atomic mass is 9.99. The van der Waals surface area contributed by atoms with Crippen molar-refractivity contribution in [2.45, 2.75) is 37.2 Å². The number of rotatable bonds is 9. The van der Waals surface area contributed by atoms with Crippen molar-refractivity contribution >= 4 is 17.2 Å². The molecule has 1 aliphatic carbocycles. The summed E-state index contributed by atoms with van der Waals surface area (Å²) >= 11 is 1.62. The van der Waals surface area contributed by atoms with Crippen molar-refractivity contribution in [2.24, 2.45) is 0 Å². The van der Waals surface area contributed by atoms with Crippen molar-refractivity contribution in [3.8, 4) is 0 Å². The maximum atomic E-state index is 13.1. The molecule has 4 atom stereocenters. The lowest BCUT2D eigenvalue weighted by molar-refractivity contribution is -0.151. The monoisotopic (exact) mass is 445 g/mol. The van der Waals surface area contributed by atoms with Gasteiger partial charge in [0.2, 0.25) is 6.29 Å². The summed E-state index contributed by atoms with van der Waals surface area (Å²) in [7, 11) is 0. The summed E-state index contributed by atoms with van der Waals surface area (Å²) in [5, 5.41) is 24.2. The Morgan fingerprint density at radius 1 is 1.19 bits per heavy atom. The van der Waals surface area contributed by atoms with E-state index in [9.17, 15) is 9.90 Å². The molecule has 1 amide bonds. The van der Waals surface area contributed by atoms with E-state index < -0.39 is 18.4 Å². The molecule has 166 valence electrons. The van der Waals surface area contributed by atoms with E-state index in [-0.39, 0.29) is 30.8 Å². The minimum absolute atomic E-state index is 0.00125. The first kappa shape index (κ1) is 22.0. The Labute approximate surface area is 185 Å². The molecule has 1 aromatic carbocycles. The highest BCUT2D eigenvalue weighted by Crippen LogP contribution is 2.35. The van der Waals surface area contributed by atoms with Crippen LogP contribution in [-0.2, 0) is 25.4 Å². The Morgan fingerprint density at radius 2 is 2.06 bits per heavy atom. The average Bonchev–Trinajstić information content (AvgIpc) is 3.42. The predicted molar refractivity (Wildman–Crippen MR) is 116 cm³/mol. The van der Waals surface area contributed by atoms with Crippen molar-refractivity contribution in [1.82, 2.24) is 5.32 Å². The number of aliphatic hydroxyl groups is 2. The Balaban J connectivity index is 1.45. The van der Waals surface area contributed by atoms with E-state index in [4.69, 9.17) is 19.3 Å². The number of carbonyl (C=O) groups is 1. The minimum atomic E-state index is -0.672. The average molecular weight is 446 g/mol. The summed E-state index contributed by atoms with van der Waals surface area (Å²) in [6.45, 7) is 0.848. The molecule has 2 aromatic rings. The molecule has 1 aromatic heterocycles. The minimum Gasteiger partial charge on any atom is -0.459 e. The van der Waals surface area contributed by atoms with Crippen molar-refractivity contribution in [2.75, 3.05) is 26.4 Å². The second kappa shape index (κ2) is 10.4. The van der Waals surface area contributed by atoms with Crippen LogP contribution in [0.2, 0.25) is 0 Å². The lowest BCUT2D eigenvalue weighted by Gasteiger charge is -2.29. The van der Waals surface area contributed by atoms with Crippen molar-refractivity contribution in [3.63, 3.8) is 0 Å². The standard InChI is InChI=1S/C23H27NO6S/c25-7-8-28-9-10-29-21-14-16(20-6-3-11-31-20)13-19(30-21)23(27)24-22-17-5-2-1-4-15(17)12-18(22)26/h1-6,11,13,16,18,21-22,25-26H,7-10,12,14H2,(H,24,27)/t16-,18+,21+,22-/m0/s1. The topological polar surface area (TPSA) is 97.3 Å². The van der Waals surface area contributed by atoms with Gasteiger partial charge in [0.05, 0.1) is 38.6 Å². The maximum absolute atomic E-state index is 13.1. The van der Waals surface area contributed by atoms with Gasteiger partial charge in [0.25, 0.3) is 5.91 Å². The van der Waals surface area contributed by atoms with Crippen LogP contribution in [0.25, 0.3) is 0 Å². The molecule has 0 fully saturated rings. The lowest BCUT2D eigenvalue weighted by Crippen LogP contribution is -2.38. The zero-order valence-corrected chi connectivity index (χ0v) is 17.9. The third kappa shape index (κ3) is 5.34. The van der Waals surface area contributed by atoms with E-state index in [1.807, 2.05) is 47.9 Å². The van der Waals surface area contributed by atoms with Crippen molar-refractivity contribution in [3.05, 3.63) is 69.6 Å². The van der Waals surface area contributed by atoms with Crippen LogP contribution >= 0.6 is 11.3 Å². The zero-order chi connectivity index (χ0) is 21.6. The summed E-state index contributed by atoms with van der Waals surface area (Å²) < 4.78 is 16.9. The third-order valence-electron chi connectivity index (χ3n) is 5.45. The predicted octanol–water partition coefficient (Wildman–Crippen LogP) is 2.26. The van der Waals surface area contributed by atoms with E-state index in [0.29, 0.717) is 26.1 Å². The number of amides is 1. The number of ether oxygens (including phenoxy) is 3. The van der Waals surface area contributed by atoms with Gasteiger partial charge in [0, 0.05) is 23.6 Å². The van der Waals surface area contributed by atoms with Crippen LogP contribution in [0.15, 0.2) is 53.6 Å². The van der Waals surface area contributed by atoms with Gasteiger partial charge in [0.15, 0.2) is 5.76 Å². The van der Waals surface area contributed by atoms with E-state index in [0.717, 1.165) is 16.0 Å². The summed E-state index contributed by atoms with van der Waals surface area (Å²) in [6.07, 6.45) is 1.67. The highest BCUT2D eigenvalue weighted by atomic mass is 32.1. The molecule has 8 heteroatoms. The fraction of sp³-hybridized carbons (Fsp3) is 0.435. The fourth-order valence-electron chi connectivity index (χ4n) is 3.98. The molecule has 1 aliphatic heterocycles. The number of hydrogen-bond donors (Lipinski definition) is 3. The van der Waals surface area contributed by atoms with Crippen molar-refractivity contribution in [1.29, 1.82) is 0 Å². The zero-order valence-electron chi connectivity index (χ0n) is 17.1. The SMILES string of the molecule is O=C(N[C@H]1c2ccccc2C[C@H]1O)C1=C[C@H](c2cccs2)C[C@H](OCCOCCO)O1. The third-order valence-corrected chi connectivity index (χ3v) is 6.45. The maximum Gasteiger partial charge on any atom is 0.286 e. The first-order valence-corrected chi connectivity index (χ1v) is 11.3. The number of carbonyl (C=O) groups excluding carboxylic acids is 1. The number of allylic oxidation sites excluding steroid dienone is 1. The van der Waals surface area contributed by atoms with Crippen LogP contribution in [0.3, 0.4) is 0 Å². The highest BCUT2D eigenvalue weighted by molar-refractivity contribution is 7.10. The van der Waals surface area contributed by atoms with Gasteiger partial charge in [-0.05, 0) is 28.6 Å². The highest BCUT2D eigenvalue weighted by Gasteiger charge is 2.35. The first-order valence-electron chi connectivity index (χ1n) is 10.4. The molecule has 0 spiro atoms. The van der Waals surface area contributed by atoms with Crippen LogP contribution in [0, 0.1) is 0 Å². The Bertz CT molecular complexity index is 899. The molecular weight excluding hydrogens is 418 g/mol. The summed E-state index contributed by atoms with van der Waals surface area (Å²) in [5.74, 6) is -0.173. The quantitative estimate of drug-likeness (QED) is 0.513.